The molecule has 0 radical (unpaired) electrons. The van der Waals surface area contributed by atoms with Crippen LogP contribution in [0.1, 0.15) is 28.1 Å². The number of H-pyrrole nitrogens is 1. The Bertz CT molecular complexity index is 751. The quantitative estimate of drug-likeness (QED) is 0.844. The van der Waals surface area contributed by atoms with Crippen molar-refractivity contribution in [3.63, 3.8) is 0 Å². The van der Waals surface area contributed by atoms with Gasteiger partial charge in [-0.1, -0.05) is 0 Å². The van der Waals surface area contributed by atoms with E-state index in [0.29, 0.717) is 36.9 Å². The summed E-state index contributed by atoms with van der Waals surface area (Å²) in [6, 6.07) is 1.42. The summed E-state index contributed by atoms with van der Waals surface area (Å²) in [5.74, 6) is 0.299. The van der Waals surface area contributed by atoms with Crippen molar-refractivity contribution >= 4 is 5.91 Å². The lowest BCUT2D eigenvalue weighted by molar-refractivity contribution is -0.0271. The topological polar surface area (TPSA) is 93.1 Å². The lowest BCUT2D eigenvalue weighted by Gasteiger charge is -2.32. The fourth-order valence-electron chi connectivity index (χ4n) is 2.44. The van der Waals surface area contributed by atoms with Gasteiger partial charge in [-0.2, -0.15) is 0 Å². The smallest absolute Gasteiger partial charge is 0.274 e. The highest BCUT2D eigenvalue weighted by atomic mass is 16.5. The summed E-state index contributed by atoms with van der Waals surface area (Å²) in [6.07, 6.45) is 2.83. The van der Waals surface area contributed by atoms with E-state index >= 15 is 0 Å². The Morgan fingerprint density at radius 2 is 2.32 bits per heavy atom. The number of carbonyl (C=O) groups excluding carboxylic acids is 1. The summed E-state index contributed by atoms with van der Waals surface area (Å²) in [5, 5.41) is 0. The molecule has 0 aliphatic carbocycles. The zero-order chi connectivity index (χ0) is 15.7. The maximum Gasteiger partial charge on any atom is 0.274 e. The first-order chi connectivity index (χ1) is 10.5. The molecule has 1 unspecified atom stereocenters. The molecule has 1 N–H and O–H groups in total. The summed E-state index contributed by atoms with van der Waals surface area (Å²) in [7, 11) is 1.81. The number of hydrogen-bond donors (Lipinski definition) is 1. The highest BCUT2D eigenvalue weighted by Crippen LogP contribution is 2.19. The molecule has 0 aromatic carbocycles. The first-order valence-electron chi connectivity index (χ1n) is 6.99. The minimum absolute atomic E-state index is 0.149. The van der Waals surface area contributed by atoms with Gasteiger partial charge in [-0.3, -0.25) is 9.59 Å². The van der Waals surface area contributed by atoms with Crippen molar-refractivity contribution in [2.24, 2.45) is 7.05 Å². The number of aromatic amines is 1. The zero-order valence-electron chi connectivity index (χ0n) is 12.4. The Kier molecular flexibility index (Phi) is 3.76. The maximum absolute atomic E-state index is 12.4. The molecule has 2 aromatic rings. The molecule has 1 aliphatic heterocycles. The number of morpholine rings is 1. The average molecular weight is 303 g/mol. The molecule has 0 saturated carbocycles. The number of ether oxygens (including phenoxy) is 1. The number of imidazole rings is 1. The summed E-state index contributed by atoms with van der Waals surface area (Å²) >= 11 is 0. The number of carbonyl (C=O) groups is 1. The number of hydrogen-bond acceptors (Lipinski definition) is 5. The van der Waals surface area contributed by atoms with Crippen molar-refractivity contribution in [3.8, 4) is 0 Å². The molecule has 1 atom stereocenters. The van der Waals surface area contributed by atoms with E-state index in [9.17, 15) is 9.59 Å². The van der Waals surface area contributed by atoms with Crippen molar-refractivity contribution in [1.82, 2.24) is 24.4 Å². The van der Waals surface area contributed by atoms with Crippen LogP contribution in [0.4, 0.5) is 0 Å². The molecule has 0 spiro atoms. The second-order valence-electron chi connectivity index (χ2n) is 5.31. The standard InChI is InChI=1S/C14H17N5O3/c1-9-5-12(20)17-13(16-9)11-7-19(3-4-22-11)14(21)10-6-18(2)8-15-10/h5-6,8,11H,3-4,7H2,1-2H3,(H,16,17,20). The lowest BCUT2D eigenvalue weighted by atomic mass is 10.2. The van der Waals surface area contributed by atoms with Crippen LogP contribution in [0, 0.1) is 6.92 Å². The summed E-state index contributed by atoms with van der Waals surface area (Å²) in [6.45, 7) is 2.96. The first kappa shape index (κ1) is 14.5. The van der Waals surface area contributed by atoms with Crippen molar-refractivity contribution in [1.29, 1.82) is 0 Å². The molecule has 22 heavy (non-hydrogen) atoms. The van der Waals surface area contributed by atoms with Crippen LogP contribution >= 0.6 is 0 Å². The normalized spacial score (nSPS) is 18.5. The maximum atomic E-state index is 12.4. The molecule has 0 bridgehead atoms. The molecule has 8 nitrogen and oxygen atoms in total. The lowest BCUT2D eigenvalue weighted by Crippen LogP contribution is -2.43. The van der Waals surface area contributed by atoms with E-state index in [1.54, 1.807) is 28.9 Å². The van der Waals surface area contributed by atoms with E-state index in [2.05, 4.69) is 15.0 Å². The van der Waals surface area contributed by atoms with E-state index in [0.717, 1.165) is 0 Å². The Morgan fingerprint density at radius 3 is 3.00 bits per heavy atom. The Labute approximate surface area is 126 Å². The van der Waals surface area contributed by atoms with Gasteiger partial charge in [-0.05, 0) is 6.92 Å². The van der Waals surface area contributed by atoms with Gasteiger partial charge in [0.2, 0.25) is 0 Å². The minimum atomic E-state index is -0.436. The molecule has 8 heteroatoms. The number of rotatable bonds is 2. The third-order valence-electron chi connectivity index (χ3n) is 3.47. The predicted octanol–water partition coefficient (Wildman–Crippen LogP) is 0.0255. The van der Waals surface area contributed by atoms with Crippen molar-refractivity contribution in [2.45, 2.75) is 13.0 Å². The molecule has 3 rings (SSSR count). The molecule has 2 aromatic heterocycles. The molecular formula is C14H17N5O3. The van der Waals surface area contributed by atoms with E-state index in [1.807, 2.05) is 7.05 Å². The second kappa shape index (κ2) is 5.72. The summed E-state index contributed by atoms with van der Waals surface area (Å²) in [5.41, 5.74) is 0.795. The number of nitrogens with zero attached hydrogens (tertiary/aromatic N) is 4. The average Bonchev–Trinajstić information content (AvgIpc) is 2.92. The van der Waals surface area contributed by atoms with Crippen LogP contribution in [0.25, 0.3) is 0 Å². The second-order valence-corrected chi connectivity index (χ2v) is 5.31. The number of amides is 1. The molecule has 116 valence electrons. The summed E-state index contributed by atoms with van der Waals surface area (Å²) < 4.78 is 7.37. The third-order valence-corrected chi connectivity index (χ3v) is 3.47. The SMILES string of the molecule is Cc1cc(=O)[nH]c(C2CN(C(=O)c3cn(C)cn3)CCO2)n1. The van der Waals surface area contributed by atoms with Crippen molar-refractivity contribution in [3.05, 3.63) is 46.2 Å². The van der Waals surface area contributed by atoms with Crippen molar-refractivity contribution in [2.75, 3.05) is 19.7 Å². The Hall–Kier alpha value is -2.48. The van der Waals surface area contributed by atoms with Gasteiger partial charge >= 0.3 is 0 Å². The van der Waals surface area contributed by atoms with Crippen LogP contribution in [0.2, 0.25) is 0 Å². The van der Waals surface area contributed by atoms with Crippen LogP contribution < -0.4 is 5.56 Å². The van der Waals surface area contributed by atoms with Gasteiger partial charge in [0.25, 0.3) is 11.5 Å². The molecule has 1 fully saturated rings. The Balaban J connectivity index is 1.79. The van der Waals surface area contributed by atoms with Gasteiger partial charge in [0, 0.05) is 31.5 Å². The molecule has 1 amide bonds. The van der Waals surface area contributed by atoms with Crippen LogP contribution in [-0.4, -0.2) is 50.0 Å². The molecular weight excluding hydrogens is 286 g/mol. The van der Waals surface area contributed by atoms with Crippen LogP contribution in [0.3, 0.4) is 0 Å². The Morgan fingerprint density at radius 1 is 1.50 bits per heavy atom. The van der Waals surface area contributed by atoms with Gasteiger partial charge in [0.1, 0.15) is 17.6 Å². The fraction of sp³-hybridized carbons (Fsp3) is 0.429. The van der Waals surface area contributed by atoms with E-state index < -0.39 is 6.10 Å². The monoisotopic (exact) mass is 303 g/mol. The van der Waals surface area contributed by atoms with Crippen LogP contribution in [0.15, 0.2) is 23.4 Å². The van der Waals surface area contributed by atoms with Gasteiger partial charge in [0.05, 0.1) is 19.5 Å². The van der Waals surface area contributed by atoms with Gasteiger partial charge in [-0.15, -0.1) is 0 Å². The zero-order valence-corrected chi connectivity index (χ0v) is 12.4. The molecule has 1 aliphatic rings. The minimum Gasteiger partial charge on any atom is -0.367 e. The third kappa shape index (κ3) is 2.91. The van der Waals surface area contributed by atoms with Gasteiger partial charge < -0.3 is 19.2 Å². The first-order valence-corrected chi connectivity index (χ1v) is 6.99. The van der Waals surface area contributed by atoms with Crippen LogP contribution in [0.5, 0.6) is 0 Å². The number of aromatic nitrogens is 4. The van der Waals surface area contributed by atoms with E-state index in [-0.39, 0.29) is 11.5 Å². The molecule has 1 saturated heterocycles. The number of aryl methyl sites for hydroxylation is 2. The van der Waals surface area contributed by atoms with Crippen LogP contribution in [-0.2, 0) is 11.8 Å². The van der Waals surface area contributed by atoms with E-state index in [1.165, 1.54) is 6.07 Å². The highest BCUT2D eigenvalue weighted by molar-refractivity contribution is 5.92. The fourth-order valence-corrected chi connectivity index (χ4v) is 2.44. The molecule has 3 heterocycles. The highest BCUT2D eigenvalue weighted by Gasteiger charge is 2.28. The largest absolute Gasteiger partial charge is 0.367 e. The number of nitrogens with one attached hydrogen (secondary N) is 1. The van der Waals surface area contributed by atoms with Crippen molar-refractivity contribution < 1.29 is 9.53 Å². The van der Waals surface area contributed by atoms with Gasteiger partial charge in [-0.25, -0.2) is 9.97 Å². The van der Waals surface area contributed by atoms with E-state index in [4.69, 9.17) is 4.74 Å². The predicted molar refractivity (Wildman–Crippen MR) is 77.4 cm³/mol. The summed E-state index contributed by atoms with van der Waals surface area (Å²) in [4.78, 5) is 36.7. The van der Waals surface area contributed by atoms with Gasteiger partial charge in [0.15, 0.2) is 0 Å².